The van der Waals surface area contributed by atoms with Crippen LogP contribution < -0.4 is 10.6 Å². The van der Waals surface area contributed by atoms with E-state index in [2.05, 4.69) is 20.1 Å². The predicted octanol–water partition coefficient (Wildman–Crippen LogP) is 0.805. The Bertz CT molecular complexity index is 566. The van der Waals surface area contributed by atoms with E-state index in [9.17, 15) is 0 Å². The molecule has 2 N–H and O–H groups in total. The van der Waals surface area contributed by atoms with Gasteiger partial charge in [-0.2, -0.15) is 0 Å². The first-order chi connectivity index (χ1) is 8.79. The van der Waals surface area contributed by atoms with Crippen molar-refractivity contribution in [3.63, 3.8) is 0 Å². The molecule has 0 saturated heterocycles. The summed E-state index contributed by atoms with van der Waals surface area (Å²) in [5.41, 5.74) is 6.56. The molecule has 2 aromatic rings. The van der Waals surface area contributed by atoms with Gasteiger partial charge >= 0.3 is 0 Å². The van der Waals surface area contributed by atoms with Gasteiger partial charge in [-0.25, -0.2) is 4.98 Å². The lowest BCUT2D eigenvalue weighted by molar-refractivity contribution is 0.556. The molecule has 0 fully saturated rings. The molecule has 0 atom stereocenters. The van der Waals surface area contributed by atoms with Gasteiger partial charge in [0.05, 0.1) is 11.6 Å². The van der Waals surface area contributed by atoms with Crippen molar-refractivity contribution in [2.45, 2.75) is 19.6 Å². The zero-order chi connectivity index (χ0) is 12.5. The first-order valence-corrected chi connectivity index (χ1v) is 6.12. The van der Waals surface area contributed by atoms with Gasteiger partial charge in [-0.15, -0.1) is 10.2 Å². The van der Waals surface area contributed by atoms with Crippen LogP contribution in [-0.4, -0.2) is 26.3 Å². The van der Waals surface area contributed by atoms with E-state index in [1.165, 1.54) is 0 Å². The van der Waals surface area contributed by atoms with E-state index in [0.29, 0.717) is 18.1 Å². The van der Waals surface area contributed by atoms with Crippen molar-refractivity contribution in [1.82, 2.24) is 19.7 Å². The fourth-order valence-electron chi connectivity index (χ4n) is 2.10. The topological polar surface area (TPSA) is 72.9 Å². The normalized spacial score (nSPS) is 14.7. The summed E-state index contributed by atoms with van der Waals surface area (Å²) in [6.45, 7) is 2.76. The fourth-order valence-corrected chi connectivity index (χ4v) is 2.40. The van der Waals surface area contributed by atoms with Crippen molar-refractivity contribution in [1.29, 1.82) is 0 Å². The number of hydrogen-bond acceptors (Lipinski definition) is 5. The Morgan fingerprint density at radius 1 is 1.39 bits per heavy atom. The molecule has 0 saturated carbocycles. The van der Waals surface area contributed by atoms with Crippen LogP contribution in [-0.2, 0) is 19.6 Å². The van der Waals surface area contributed by atoms with Gasteiger partial charge in [0.1, 0.15) is 12.1 Å². The van der Waals surface area contributed by atoms with Gasteiger partial charge in [-0.3, -0.25) is 0 Å². The van der Waals surface area contributed by atoms with Crippen LogP contribution >= 0.6 is 11.6 Å². The molecular weight excluding hydrogens is 252 g/mol. The number of hydrogen-bond donors (Lipinski definition) is 1. The Hall–Kier alpha value is -1.66. The highest BCUT2D eigenvalue weighted by Crippen LogP contribution is 2.28. The molecule has 1 aliphatic rings. The predicted molar refractivity (Wildman–Crippen MR) is 68.2 cm³/mol. The summed E-state index contributed by atoms with van der Waals surface area (Å²) >= 11 is 6.32. The van der Waals surface area contributed by atoms with Crippen LogP contribution in [0.4, 0.5) is 5.82 Å². The zero-order valence-corrected chi connectivity index (χ0v) is 10.5. The minimum absolute atomic E-state index is 0.415. The summed E-state index contributed by atoms with van der Waals surface area (Å²) in [5, 5.41) is 8.61. The number of fused-ring (bicyclic) bond motifs is 1. The molecule has 0 bridgehead atoms. The van der Waals surface area contributed by atoms with Crippen LogP contribution in [0.25, 0.3) is 0 Å². The molecular formula is C11H13ClN6. The standard InChI is InChI=1S/C11H13ClN6/c12-10-8(5-13)1-2-14-11(10)17-3-4-18-7-15-16-9(18)6-17/h1-2,7H,3-6,13H2. The fraction of sp³-hybridized carbons (Fsp3) is 0.364. The SMILES string of the molecule is NCc1ccnc(N2CCn3cnnc3C2)c1Cl. The number of nitrogens with two attached hydrogens (primary N) is 1. The van der Waals surface area contributed by atoms with Gasteiger partial charge in [0, 0.05) is 25.8 Å². The lowest BCUT2D eigenvalue weighted by Crippen LogP contribution is -2.34. The highest BCUT2D eigenvalue weighted by atomic mass is 35.5. The summed E-state index contributed by atoms with van der Waals surface area (Å²) in [6, 6.07) is 1.85. The smallest absolute Gasteiger partial charge is 0.152 e. The van der Waals surface area contributed by atoms with Crippen molar-refractivity contribution < 1.29 is 0 Å². The second kappa shape index (κ2) is 4.55. The van der Waals surface area contributed by atoms with Crippen LogP contribution in [0.5, 0.6) is 0 Å². The lowest BCUT2D eigenvalue weighted by Gasteiger charge is -2.29. The maximum absolute atomic E-state index is 6.32. The third-order valence-electron chi connectivity index (χ3n) is 3.11. The monoisotopic (exact) mass is 264 g/mol. The Labute approximate surface area is 109 Å². The Balaban J connectivity index is 1.93. The van der Waals surface area contributed by atoms with Crippen molar-refractivity contribution >= 4 is 17.4 Å². The quantitative estimate of drug-likeness (QED) is 0.869. The molecule has 0 aliphatic carbocycles. The summed E-state index contributed by atoms with van der Waals surface area (Å²) in [5.74, 6) is 1.70. The molecule has 1 aliphatic heterocycles. The molecule has 3 heterocycles. The summed E-state index contributed by atoms with van der Waals surface area (Å²) in [7, 11) is 0. The second-order valence-corrected chi connectivity index (χ2v) is 4.55. The van der Waals surface area contributed by atoms with Crippen LogP contribution in [0.15, 0.2) is 18.6 Å². The number of rotatable bonds is 2. The van der Waals surface area contributed by atoms with E-state index in [4.69, 9.17) is 17.3 Å². The van der Waals surface area contributed by atoms with E-state index in [1.807, 2.05) is 10.6 Å². The first-order valence-electron chi connectivity index (χ1n) is 5.74. The molecule has 18 heavy (non-hydrogen) atoms. The summed E-state index contributed by atoms with van der Waals surface area (Å²) in [4.78, 5) is 6.45. The van der Waals surface area contributed by atoms with E-state index < -0.39 is 0 Å². The van der Waals surface area contributed by atoms with E-state index >= 15 is 0 Å². The minimum atomic E-state index is 0.415. The van der Waals surface area contributed by atoms with Gasteiger partial charge in [-0.1, -0.05) is 11.6 Å². The zero-order valence-electron chi connectivity index (χ0n) is 9.75. The average Bonchev–Trinajstić information content (AvgIpc) is 2.86. The molecule has 6 nitrogen and oxygen atoms in total. The minimum Gasteiger partial charge on any atom is -0.346 e. The molecule has 0 radical (unpaired) electrons. The van der Waals surface area contributed by atoms with Crippen LogP contribution in [0.2, 0.25) is 5.02 Å². The molecule has 94 valence electrons. The van der Waals surface area contributed by atoms with E-state index in [-0.39, 0.29) is 0 Å². The first kappa shape index (κ1) is 11.4. The molecule has 7 heteroatoms. The molecule has 2 aromatic heterocycles. The summed E-state index contributed by atoms with van der Waals surface area (Å²) in [6.07, 6.45) is 3.49. The number of anilines is 1. The van der Waals surface area contributed by atoms with Crippen molar-refractivity contribution in [2.75, 3.05) is 11.4 Å². The number of pyridine rings is 1. The van der Waals surface area contributed by atoms with Gasteiger partial charge < -0.3 is 15.2 Å². The van der Waals surface area contributed by atoms with Crippen LogP contribution in [0, 0.1) is 0 Å². The van der Waals surface area contributed by atoms with Gasteiger partial charge in [0.25, 0.3) is 0 Å². The highest BCUT2D eigenvalue weighted by Gasteiger charge is 2.21. The molecule has 3 rings (SSSR count). The van der Waals surface area contributed by atoms with E-state index in [1.54, 1.807) is 12.5 Å². The Morgan fingerprint density at radius 3 is 3.11 bits per heavy atom. The van der Waals surface area contributed by atoms with Gasteiger partial charge in [-0.05, 0) is 11.6 Å². The third-order valence-corrected chi connectivity index (χ3v) is 3.52. The average molecular weight is 265 g/mol. The molecule has 0 spiro atoms. The Morgan fingerprint density at radius 2 is 2.28 bits per heavy atom. The highest BCUT2D eigenvalue weighted by molar-refractivity contribution is 6.33. The summed E-state index contributed by atoms with van der Waals surface area (Å²) < 4.78 is 2.04. The van der Waals surface area contributed by atoms with Crippen molar-refractivity contribution in [2.24, 2.45) is 5.73 Å². The third kappa shape index (κ3) is 1.83. The largest absolute Gasteiger partial charge is 0.346 e. The number of nitrogens with zero attached hydrogens (tertiary/aromatic N) is 5. The molecule has 0 unspecified atom stereocenters. The maximum Gasteiger partial charge on any atom is 0.152 e. The van der Waals surface area contributed by atoms with Crippen molar-refractivity contribution in [3.05, 3.63) is 35.0 Å². The maximum atomic E-state index is 6.32. The Kier molecular flexibility index (Phi) is 2.89. The number of aromatic nitrogens is 4. The number of halogens is 1. The second-order valence-electron chi connectivity index (χ2n) is 4.17. The van der Waals surface area contributed by atoms with Gasteiger partial charge in [0.15, 0.2) is 5.82 Å². The lowest BCUT2D eigenvalue weighted by atomic mass is 10.2. The molecule has 0 amide bonds. The van der Waals surface area contributed by atoms with Crippen LogP contribution in [0.3, 0.4) is 0 Å². The van der Waals surface area contributed by atoms with Crippen molar-refractivity contribution in [3.8, 4) is 0 Å². The van der Waals surface area contributed by atoms with E-state index in [0.717, 1.165) is 30.3 Å². The van der Waals surface area contributed by atoms with Gasteiger partial charge in [0.2, 0.25) is 0 Å². The van der Waals surface area contributed by atoms with Crippen LogP contribution in [0.1, 0.15) is 11.4 Å². The molecule has 0 aromatic carbocycles.